The summed E-state index contributed by atoms with van der Waals surface area (Å²) in [5.41, 5.74) is 5.34. The van der Waals surface area contributed by atoms with Crippen LogP contribution in [0.3, 0.4) is 0 Å². The number of benzene rings is 6. The van der Waals surface area contributed by atoms with Gasteiger partial charge in [0.25, 0.3) is 0 Å². The number of aromatic hydroxyl groups is 1. The molecule has 0 aliphatic carbocycles. The lowest BCUT2D eigenvalue weighted by Crippen LogP contribution is -2.19. The predicted molar refractivity (Wildman–Crippen MR) is 371 cm³/mol. The normalized spacial score (nSPS) is 12.3. The van der Waals surface area contributed by atoms with Gasteiger partial charge in [0.15, 0.2) is 28.9 Å². The number of phenols is 1. The van der Waals surface area contributed by atoms with Crippen LogP contribution in [0.2, 0.25) is 0 Å². The molecule has 92 heavy (non-hydrogen) atoms. The predicted octanol–water partition coefficient (Wildman–Crippen LogP) is 20.0. The van der Waals surface area contributed by atoms with Crippen LogP contribution in [0.5, 0.6) is 5.75 Å². The van der Waals surface area contributed by atoms with E-state index in [2.05, 4.69) is 41.2 Å². The number of aliphatic hydroxyl groups is 1. The number of allylic oxidation sites excluding steroid dienone is 2. The molecule has 0 aliphatic rings. The van der Waals surface area contributed by atoms with E-state index in [4.69, 9.17) is 8.83 Å². The summed E-state index contributed by atoms with van der Waals surface area (Å²) in [7, 11) is 0. The first-order valence-corrected chi connectivity index (χ1v) is 30.8. The summed E-state index contributed by atoms with van der Waals surface area (Å²) in [6, 6.07) is 41.8. The van der Waals surface area contributed by atoms with Gasteiger partial charge in [0.1, 0.15) is 22.7 Å². The minimum absolute atomic E-state index is 0.00856. The molecule has 0 bridgehead atoms. The molecule has 0 radical (unpaired) electrons. The van der Waals surface area contributed by atoms with E-state index in [1.54, 1.807) is 61.1 Å². The lowest BCUT2D eigenvalue weighted by Gasteiger charge is -2.20. The summed E-state index contributed by atoms with van der Waals surface area (Å²) in [5, 5.41) is 37.4. The van der Waals surface area contributed by atoms with Crippen LogP contribution >= 0.6 is 0 Å². The van der Waals surface area contributed by atoms with Gasteiger partial charge in [-0.3, -0.25) is 34.2 Å². The van der Waals surface area contributed by atoms with Crippen LogP contribution in [0.1, 0.15) is 192 Å². The van der Waals surface area contributed by atoms with Crippen molar-refractivity contribution in [2.45, 2.75) is 144 Å². The third-order valence-electron chi connectivity index (χ3n) is 14.3. The maximum absolute atomic E-state index is 13.2. The number of furan rings is 2. The van der Waals surface area contributed by atoms with E-state index in [0.29, 0.717) is 22.5 Å². The Morgan fingerprint density at radius 3 is 1.50 bits per heavy atom. The van der Waals surface area contributed by atoms with Crippen molar-refractivity contribution >= 4 is 84.8 Å². The molecule has 14 heteroatoms. The topological polar surface area (TPSA) is 209 Å². The molecule has 486 valence electrons. The summed E-state index contributed by atoms with van der Waals surface area (Å²) in [6.45, 7) is 34.9. The number of aromatic nitrogens is 4. The van der Waals surface area contributed by atoms with E-state index in [0.717, 1.165) is 67.7 Å². The van der Waals surface area contributed by atoms with E-state index < -0.39 is 10.8 Å². The van der Waals surface area contributed by atoms with Crippen molar-refractivity contribution in [1.82, 2.24) is 20.4 Å². The van der Waals surface area contributed by atoms with Crippen molar-refractivity contribution < 1.29 is 47.4 Å². The summed E-state index contributed by atoms with van der Waals surface area (Å²) >= 11 is 0. The third kappa shape index (κ3) is 22.7. The van der Waals surface area contributed by atoms with E-state index >= 15 is 0 Å². The number of aliphatic hydroxyl groups excluding tert-OH is 1. The fourth-order valence-electron chi connectivity index (χ4n) is 8.47. The molecule has 0 saturated carbocycles. The first-order valence-electron chi connectivity index (χ1n) is 30.8. The molecule has 0 amide bonds. The van der Waals surface area contributed by atoms with Crippen LogP contribution in [0, 0.1) is 38.3 Å². The van der Waals surface area contributed by atoms with Gasteiger partial charge in [0.2, 0.25) is 5.78 Å². The number of carbonyl (C=O) groups is 5. The highest BCUT2D eigenvalue weighted by Crippen LogP contribution is 2.31. The molecule has 1 unspecified atom stereocenters. The smallest absolute Gasteiger partial charge is 0.203 e. The monoisotopic (exact) mass is 1250 g/mol. The van der Waals surface area contributed by atoms with Crippen molar-refractivity contribution in [3.63, 3.8) is 0 Å². The number of ketones is 5. The zero-order valence-electron chi connectivity index (χ0n) is 56.8. The van der Waals surface area contributed by atoms with Crippen molar-refractivity contribution in [1.29, 1.82) is 0 Å². The quantitative estimate of drug-likeness (QED) is 0.0748. The van der Waals surface area contributed by atoms with Crippen LogP contribution in [-0.2, 0) is 9.59 Å². The van der Waals surface area contributed by atoms with E-state index in [1.807, 2.05) is 201 Å². The van der Waals surface area contributed by atoms with Crippen LogP contribution in [0.4, 0.5) is 4.39 Å². The summed E-state index contributed by atoms with van der Waals surface area (Å²) in [6.07, 6.45) is 12.7. The summed E-state index contributed by atoms with van der Waals surface area (Å²) < 4.78 is 23.9. The fraction of sp³-hybridized carbons (Fsp3) is 0.346. The van der Waals surface area contributed by atoms with E-state index in [1.165, 1.54) is 24.3 Å². The van der Waals surface area contributed by atoms with Gasteiger partial charge in [-0.15, -0.1) is 0 Å². The van der Waals surface area contributed by atoms with Crippen LogP contribution in [0.15, 0.2) is 179 Å². The largest absolute Gasteiger partial charge is 0.507 e. The van der Waals surface area contributed by atoms with Gasteiger partial charge in [-0.25, -0.2) is 4.39 Å². The minimum atomic E-state index is -0.415. The number of hydrogen-bond donors (Lipinski definition) is 4. The zero-order chi connectivity index (χ0) is 68.6. The maximum Gasteiger partial charge on any atom is 0.203 e. The van der Waals surface area contributed by atoms with Gasteiger partial charge >= 0.3 is 0 Å². The number of fused-ring (bicyclic) bond motifs is 4. The second-order valence-corrected chi connectivity index (χ2v) is 29.0. The first kappa shape index (κ1) is 73.6. The minimum Gasteiger partial charge on any atom is -0.507 e. The van der Waals surface area contributed by atoms with Gasteiger partial charge in [-0.1, -0.05) is 216 Å². The van der Waals surface area contributed by atoms with Crippen LogP contribution in [0.25, 0.3) is 55.9 Å². The Labute approximate surface area is 541 Å². The van der Waals surface area contributed by atoms with Gasteiger partial charge in [-0.05, 0) is 96.7 Å². The fourth-order valence-corrected chi connectivity index (χ4v) is 8.47. The number of hydrogen-bond acceptors (Lipinski definition) is 11. The molecule has 0 fully saturated rings. The van der Waals surface area contributed by atoms with E-state index in [9.17, 15) is 38.6 Å². The number of nitrogens with zero attached hydrogens (tertiary/aromatic N) is 2. The van der Waals surface area contributed by atoms with E-state index in [-0.39, 0.29) is 68.2 Å². The number of rotatable bonds is 10. The molecular formula is C78H93FN4O9. The molecule has 0 saturated heterocycles. The number of H-pyrrole nitrogens is 2. The number of aromatic amines is 2. The SMILES string of the molecule is CC(C)(C)C(=O)/C=C/c1ccccc1F.CC(C)(C)C(=O)/C=C/c1ccccc1O.CC(C)(C)C(=O)c1cc2ccccc2o1.CC(C)(C)C(=O)c1ccc2ccoc2c1.CC(C)(C)C(=O)c1ccc2cn[nH]c2c1.CC(C)(C)CCC(O)c1ccc2cn[nH]c2c1. The standard InChI is InChI=1S/C14H20N2O.C13H15FO.2C13H14O2.C13H16O2.C12H14N2O/c1-14(2,3)7-6-13(17)10-4-5-11-9-15-16-12(11)8-10;1-13(2,3)12(15)9-8-10-6-4-5-7-11(10)14;1-13(2,3)12(14)10-5-4-9-6-7-15-11(9)8-10;1-13(2,3)12(14)11-8-9-6-4-5-7-10(9)15-11;1-13(2,3)12(15)9-8-10-6-4-5-7-11(10)14;1-12(2,3)11(15)8-4-5-9-7-13-14-10(9)6-8/h4-5,8-9,13,17H,6-7H2,1-3H3,(H,15,16);4-9H,1-3H3;2*4-8H,1-3H3;4-9,14H,1-3H3;4-7H,1-3H3,(H,13,14)/b;9-8+;;;9-8+;. The second-order valence-electron chi connectivity index (χ2n) is 29.0. The Hall–Kier alpha value is -9.14. The Balaban J connectivity index is 0.000000200. The molecule has 1 atom stereocenters. The van der Waals surface area contributed by atoms with Crippen molar-refractivity contribution in [3.05, 3.63) is 210 Å². The molecule has 0 aliphatic heterocycles. The van der Waals surface area contributed by atoms with Crippen LogP contribution in [-0.4, -0.2) is 59.5 Å². The highest BCUT2D eigenvalue weighted by Gasteiger charge is 2.27. The maximum atomic E-state index is 13.2. The molecule has 10 rings (SSSR count). The molecule has 10 aromatic rings. The van der Waals surface area contributed by atoms with Gasteiger partial charge in [0.05, 0.1) is 35.8 Å². The number of para-hydroxylation sites is 2. The number of halogens is 1. The molecule has 4 N–H and O–H groups in total. The summed E-state index contributed by atoms with van der Waals surface area (Å²) in [4.78, 5) is 59.1. The molecule has 0 spiro atoms. The zero-order valence-corrected chi connectivity index (χ0v) is 56.8. The highest BCUT2D eigenvalue weighted by molar-refractivity contribution is 6.04. The van der Waals surface area contributed by atoms with Crippen molar-refractivity contribution in [3.8, 4) is 5.75 Å². The Morgan fingerprint density at radius 2 is 0.978 bits per heavy atom. The molecular weight excluding hydrogens is 1160 g/mol. The van der Waals surface area contributed by atoms with Gasteiger partial charge in [0, 0.05) is 70.9 Å². The molecule has 6 aromatic carbocycles. The number of Topliss-reactive ketones (excluding diaryl/α,β-unsaturated/α-hetero) is 3. The molecule has 13 nitrogen and oxygen atoms in total. The summed E-state index contributed by atoms with van der Waals surface area (Å²) in [5.74, 6) is 0.699. The van der Waals surface area contributed by atoms with Gasteiger partial charge < -0.3 is 19.0 Å². The van der Waals surface area contributed by atoms with Crippen molar-refractivity contribution in [2.24, 2.45) is 32.5 Å². The average molecular weight is 1250 g/mol. The third-order valence-corrected chi connectivity index (χ3v) is 14.3. The average Bonchev–Trinajstić information content (AvgIpc) is 1.74. The number of carbonyl (C=O) groups excluding carboxylic acids is 5. The Morgan fingerprint density at radius 1 is 0.500 bits per heavy atom. The lowest BCUT2D eigenvalue weighted by atomic mass is 9.86. The second kappa shape index (κ2) is 31.3. The molecule has 4 aromatic heterocycles. The first-order chi connectivity index (χ1) is 42.7. The highest BCUT2D eigenvalue weighted by atomic mass is 19.1. The van der Waals surface area contributed by atoms with Crippen molar-refractivity contribution in [2.75, 3.05) is 0 Å². The number of phenolic OH excluding ortho intramolecular Hbond substituents is 1. The number of nitrogens with one attached hydrogen (secondary N) is 2. The lowest BCUT2D eigenvalue weighted by molar-refractivity contribution is -0.122. The Kier molecular flexibility index (Phi) is 25.0. The van der Waals surface area contributed by atoms with Gasteiger partial charge in [-0.2, -0.15) is 10.2 Å². The van der Waals surface area contributed by atoms with Crippen LogP contribution < -0.4 is 0 Å². The molecule has 4 heterocycles. The Bertz CT molecular complexity index is 3930.